The number of anilines is 1. The Kier molecular flexibility index (Phi) is 5.80. The van der Waals surface area contributed by atoms with E-state index in [1.807, 2.05) is 0 Å². The molecule has 0 saturated heterocycles. The summed E-state index contributed by atoms with van der Waals surface area (Å²) in [6.45, 7) is 1.51. The van der Waals surface area contributed by atoms with Crippen molar-refractivity contribution < 1.29 is 17.6 Å². The number of carbonyl (C=O) groups excluding carboxylic acids is 1. The van der Waals surface area contributed by atoms with Crippen molar-refractivity contribution >= 4 is 33.2 Å². The van der Waals surface area contributed by atoms with Crippen molar-refractivity contribution in [1.82, 2.24) is 5.32 Å². The quantitative estimate of drug-likeness (QED) is 0.820. The summed E-state index contributed by atoms with van der Waals surface area (Å²) >= 11 is 5.73. The van der Waals surface area contributed by atoms with Crippen LogP contribution in [0.1, 0.15) is 15.9 Å². The zero-order valence-corrected chi connectivity index (χ0v) is 14.4. The van der Waals surface area contributed by atoms with E-state index in [-0.39, 0.29) is 18.0 Å². The van der Waals surface area contributed by atoms with Gasteiger partial charge in [0.1, 0.15) is 5.82 Å². The standard InChI is InChI=1S/C16H16ClFN2O3S/c1-11-2-7-14(10-15(11)18)20-24(22,23)9-8-19-16(21)12-3-5-13(17)6-4-12/h2-7,10,20H,8-9H2,1H3,(H,19,21). The van der Waals surface area contributed by atoms with Crippen LogP contribution in [0.5, 0.6) is 0 Å². The van der Waals surface area contributed by atoms with Crippen LogP contribution in [-0.2, 0) is 10.0 Å². The molecule has 8 heteroatoms. The molecule has 24 heavy (non-hydrogen) atoms. The van der Waals surface area contributed by atoms with Gasteiger partial charge in [-0.3, -0.25) is 9.52 Å². The summed E-state index contributed by atoms with van der Waals surface area (Å²) in [6.07, 6.45) is 0. The number of hydrogen-bond acceptors (Lipinski definition) is 3. The molecule has 1 amide bonds. The lowest BCUT2D eigenvalue weighted by molar-refractivity contribution is 0.0956. The smallest absolute Gasteiger partial charge is 0.251 e. The van der Waals surface area contributed by atoms with Crippen LogP contribution < -0.4 is 10.0 Å². The van der Waals surface area contributed by atoms with E-state index in [0.29, 0.717) is 16.1 Å². The van der Waals surface area contributed by atoms with Gasteiger partial charge in [-0.25, -0.2) is 12.8 Å². The molecule has 2 aromatic carbocycles. The van der Waals surface area contributed by atoms with E-state index >= 15 is 0 Å². The highest BCUT2D eigenvalue weighted by Crippen LogP contribution is 2.15. The number of hydrogen-bond donors (Lipinski definition) is 2. The molecule has 0 fully saturated rings. The Bertz CT molecular complexity index is 839. The minimum Gasteiger partial charge on any atom is -0.351 e. The molecule has 0 heterocycles. The highest BCUT2D eigenvalue weighted by atomic mass is 35.5. The van der Waals surface area contributed by atoms with Gasteiger partial charge in [-0.2, -0.15) is 0 Å². The summed E-state index contributed by atoms with van der Waals surface area (Å²) in [5.74, 6) is -1.23. The van der Waals surface area contributed by atoms with Crippen molar-refractivity contribution in [2.24, 2.45) is 0 Å². The third kappa shape index (κ3) is 5.21. The molecule has 2 rings (SSSR count). The number of rotatable bonds is 6. The van der Waals surface area contributed by atoms with Crippen LogP contribution in [0.4, 0.5) is 10.1 Å². The topological polar surface area (TPSA) is 75.3 Å². The Balaban J connectivity index is 1.89. The Morgan fingerprint density at radius 2 is 1.83 bits per heavy atom. The zero-order valence-electron chi connectivity index (χ0n) is 12.8. The minimum absolute atomic E-state index is 0.0782. The van der Waals surface area contributed by atoms with E-state index in [1.54, 1.807) is 31.2 Å². The highest BCUT2D eigenvalue weighted by molar-refractivity contribution is 7.92. The van der Waals surface area contributed by atoms with Crippen molar-refractivity contribution in [3.8, 4) is 0 Å². The fourth-order valence-electron chi connectivity index (χ4n) is 1.89. The second kappa shape index (κ2) is 7.63. The van der Waals surface area contributed by atoms with Crippen molar-refractivity contribution in [2.75, 3.05) is 17.0 Å². The first-order valence-electron chi connectivity index (χ1n) is 7.07. The highest BCUT2D eigenvalue weighted by Gasteiger charge is 2.13. The first-order valence-corrected chi connectivity index (χ1v) is 9.10. The van der Waals surface area contributed by atoms with Gasteiger partial charge in [-0.1, -0.05) is 17.7 Å². The Labute approximate surface area is 144 Å². The first kappa shape index (κ1) is 18.2. The van der Waals surface area contributed by atoms with Crippen LogP contribution in [0.2, 0.25) is 5.02 Å². The number of aryl methyl sites for hydroxylation is 1. The molecule has 0 bridgehead atoms. The van der Waals surface area contributed by atoms with Crippen molar-refractivity contribution in [3.63, 3.8) is 0 Å². The van der Waals surface area contributed by atoms with Crippen molar-refractivity contribution in [1.29, 1.82) is 0 Å². The maximum atomic E-state index is 13.4. The Hall–Kier alpha value is -2.12. The summed E-state index contributed by atoms with van der Waals surface area (Å²) in [4.78, 5) is 11.9. The van der Waals surface area contributed by atoms with Crippen LogP contribution in [0.25, 0.3) is 0 Å². The molecular weight excluding hydrogens is 355 g/mol. The second-order valence-corrected chi connectivity index (χ2v) is 7.43. The van der Waals surface area contributed by atoms with Gasteiger partial charge in [0.2, 0.25) is 10.0 Å². The van der Waals surface area contributed by atoms with Gasteiger partial charge < -0.3 is 5.32 Å². The van der Waals surface area contributed by atoms with Crippen LogP contribution in [0, 0.1) is 12.7 Å². The maximum Gasteiger partial charge on any atom is 0.251 e. The average molecular weight is 371 g/mol. The summed E-state index contributed by atoms with van der Waals surface area (Å²) < 4.78 is 39.6. The van der Waals surface area contributed by atoms with Crippen molar-refractivity contribution in [2.45, 2.75) is 6.92 Å². The van der Waals surface area contributed by atoms with E-state index in [9.17, 15) is 17.6 Å². The second-order valence-electron chi connectivity index (χ2n) is 5.15. The predicted octanol–water partition coefficient (Wildman–Crippen LogP) is 2.96. The van der Waals surface area contributed by atoms with Gasteiger partial charge in [0.05, 0.1) is 11.4 Å². The fraction of sp³-hybridized carbons (Fsp3) is 0.188. The van der Waals surface area contributed by atoms with E-state index in [1.165, 1.54) is 12.1 Å². The van der Waals surface area contributed by atoms with Crippen LogP contribution in [0.15, 0.2) is 42.5 Å². The molecule has 5 nitrogen and oxygen atoms in total. The summed E-state index contributed by atoms with van der Waals surface area (Å²) in [6, 6.07) is 10.3. The molecule has 0 unspecified atom stereocenters. The zero-order chi connectivity index (χ0) is 17.7. The maximum absolute atomic E-state index is 13.4. The number of halogens is 2. The third-order valence-electron chi connectivity index (χ3n) is 3.21. The number of sulfonamides is 1. The normalized spacial score (nSPS) is 11.1. The lowest BCUT2D eigenvalue weighted by Crippen LogP contribution is -2.31. The molecule has 0 aromatic heterocycles. The van der Waals surface area contributed by atoms with E-state index < -0.39 is 21.7 Å². The van der Waals surface area contributed by atoms with E-state index in [4.69, 9.17) is 11.6 Å². The first-order chi connectivity index (χ1) is 11.3. The molecule has 0 aliphatic carbocycles. The molecule has 0 aliphatic rings. The molecule has 0 saturated carbocycles. The van der Waals surface area contributed by atoms with Gasteiger partial charge in [0, 0.05) is 17.1 Å². The number of nitrogens with one attached hydrogen (secondary N) is 2. The lowest BCUT2D eigenvalue weighted by Gasteiger charge is -2.10. The van der Waals surface area contributed by atoms with Gasteiger partial charge in [-0.05, 0) is 48.9 Å². The lowest BCUT2D eigenvalue weighted by atomic mass is 10.2. The Morgan fingerprint density at radius 3 is 2.46 bits per heavy atom. The molecule has 2 aromatic rings. The molecule has 0 radical (unpaired) electrons. The Morgan fingerprint density at radius 1 is 1.17 bits per heavy atom. The molecule has 0 spiro atoms. The summed E-state index contributed by atoms with van der Waals surface area (Å²) in [5.41, 5.74) is 0.945. The SMILES string of the molecule is Cc1ccc(NS(=O)(=O)CCNC(=O)c2ccc(Cl)cc2)cc1F. The third-order valence-corrected chi connectivity index (χ3v) is 4.75. The van der Waals surface area contributed by atoms with Crippen molar-refractivity contribution in [3.05, 3.63) is 64.4 Å². The molecule has 0 aliphatic heterocycles. The molecule has 128 valence electrons. The van der Waals surface area contributed by atoms with Gasteiger partial charge in [-0.15, -0.1) is 0 Å². The minimum atomic E-state index is -3.70. The number of benzene rings is 2. The van der Waals surface area contributed by atoms with Crippen LogP contribution in [0.3, 0.4) is 0 Å². The molecule has 0 atom stereocenters. The number of carbonyl (C=O) groups is 1. The number of amides is 1. The van der Waals surface area contributed by atoms with E-state index in [2.05, 4.69) is 10.0 Å². The largest absolute Gasteiger partial charge is 0.351 e. The summed E-state index contributed by atoms with van der Waals surface area (Å²) in [5, 5.41) is 3.01. The fourth-order valence-corrected chi connectivity index (χ4v) is 2.97. The predicted molar refractivity (Wildman–Crippen MR) is 92.3 cm³/mol. The van der Waals surface area contributed by atoms with E-state index in [0.717, 1.165) is 6.07 Å². The molecule has 2 N–H and O–H groups in total. The van der Waals surface area contributed by atoms with Gasteiger partial charge in [0.25, 0.3) is 5.91 Å². The van der Waals surface area contributed by atoms with Gasteiger partial charge >= 0.3 is 0 Å². The van der Waals surface area contributed by atoms with Crippen LogP contribution >= 0.6 is 11.6 Å². The average Bonchev–Trinajstić information content (AvgIpc) is 2.51. The summed E-state index contributed by atoms with van der Waals surface area (Å²) in [7, 11) is -3.70. The van der Waals surface area contributed by atoms with Gasteiger partial charge in [0.15, 0.2) is 0 Å². The van der Waals surface area contributed by atoms with Crippen LogP contribution in [-0.4, -0.2) is 26.6 Å². The monoisotopic (exact) mass is 370 g/mol. The molecular formula is C16H16ClFN2O3S.